The molecule has 6 heteroatoms. The van der Waals surface area contributed by atoms with Crippen molar-refractivity contribution in [1.82, 2.24) is 14.8 Å². The van der Waals surface area contributed by atoms with E-state index in [2.05, 4.69) is 10.1 Å². The molecule has 1 N–H and O–H groups in total. The van der Waals surface area contributed by atoms with Crippen LogP contribution >= 0.6 is 0 Å². The maximum absolute atomic E-state index is 12.9. The molecule has 2 heterocycles. The molecule has 0 aliphatic rings. The monoisotopic (exact) mass is 235 g/mol. The number of carbonyl (C=O) groups is 1. The summed E-state index contributed by atoms with van der Waals surface area (Å²) in [4.78, 5) is 14.7. The second-order valence-electron chi connectivity index (χ2n) is 3.61. The van der Waals surface area contributed by atoms with Gasteiger partial charge in [0.15, 0.2) is 5.78 Å². The largest absolute Gasteiger partial charge is 0.493 e. The van der Waals surface area contributed by atoms with Crippen LogP contribution in [-0.4, -0.2) is 25.7 Å². The van der Waals surface area contributed by atoms with Crippen LogP contribution in [0.5, 0.6) is 5.88 Å². The van der Waals surface area contributed by atoms with Gasteiger partial charge in [-0.1, -0.05) is 0 Å². The van der Waals surface area contributed by atoms with Gasteiger partial charge in [0.1, 0.15) is 11.5 Å². The number of carbonyl (C=O) groups excluding carboxylic acids is 1. The van der Waals surface area contributed by atoms with Crippen LogP contribution < -0.4 is 0 Å². The summed E-state index contributed by atoms with van der Waals surface area (Å²) in [7, 11) is 0. The van der Waals surface area contributed by atoms with E-state index < -0.39 is 5.82 Å². The van der Waals surface area contributed by atoms with Crippen molar-refractivity contribution in [1.29, 1.82) is 0 Å². The van der Waals surface area contributed by atoms with Gasteiger partial charge in [0.2, 0.25) is 5.88 Å². The topological polar surface area (TPSA) is 68.0 Å². The van der Waals surface area contributed by atoms with E-state index in [1.54, 1.807) is 0 Å². The molecule has 0 aliphatic carbocycles. The highest BCUT2D eigenvalue weighted by atomic mass is 19.1. The molecule has 0 amide bonds. The van der Waals surface area contributed by atoms with E-state index in [4.69, 9.17) is 0 Å². The van der Waals surface area contributed by atoms with Gasteiger partial charge in [-0.05, 0) is 11.6 Å². The average molecular weight is 235 g/mol. The molecule has 0 radical (unpaired) electrons. The van der Waals surface area contributed by atoms with E-state index in [9.17, 15) is 14.3 Å². The minimum absolute atomic E-state index is 0.139. The quantitative estimate of drug-likeness (QED) is 0.816. The summed E-state index contributed by atoms with van der Waals surface area (Å²) < 4.78 is 14.1. The molecule has 2 rings (SSSR count). The van der Waals surface area contributed by atoms with E-state index in [0.29, 0.717) is 5.56 Å². The predicted octanol–water partition coefficient (Wildman–Crippen LogP) is 1.37. The van der Waals surface area contributed by atoms with Crippen molar-refractivity contribution in [2.45, 2.75) is 13.5 Å². The number of nitrogens with zero attached hydrogens (tertiary/aromatic N) is 3. The molecule has 0 aliphatic heterocycles. The Balaban J connectivity index is 2.27. The fraction of sp³-hybridized carbons (Fsp3) is 0.182. The lowest BCUT2D eigenvalue weighted by molar-refractivity contribution is 0.101. The Morgan fingerprint density at radius 3 is 2.82 bits per heavy atom. The molecule has 0 unspecified atom stereocenters. The lowest BCUT2D eigenvalue weighted by Crippen LogP contribution is -2.04. The molecule has 0 saturated heterocycles. The Morgan fingerprint density at radius 2 is 2.24 bits per heavy atom. The van der Waals surface area contributed by atoms with E-state index in [1.807, 2.05) is 0 Å². The molecule has 0 saturated carbocycles. The minimum Gasteiger partial charge on any atom is -0.493 e. The van der Waals surface area contributed by atoms with Gasteiger partial charge in [0, 0.05) is 19.2 Å². The summed E-state index contributed by atoms with van der Waals surface area (Å²) in [6, 6.07) is 2.57. The average Bonchev–Trinajstić information content (AvgIpc) is 2.61. The van der Waals surface area contributed by atoms with Crippen LogP contribution in [-0.2, 0) is 6.54 Å². The van der Waals surface area contributed by atoms with Gasteiger partial charge in [-0.15, -0.1) is 0 Å². The molecule has 0 spiro atoms. The molecule has 17 heavy (non-hydrogen) atoms. The van der Waals surface area contributed by atoms with Crippen molar-refractivity contribution in [3.8, 4) is 5.88 Å². The summed E-state index contributed by atoms with van der Waals surface area (Å²) in [5, 5.41) is 13.4. The maximum Gasteiger partial charge on any atom is 0.210 e. The van der Waals surface area contributed by atoms with Crippen molar-refractivity contribution in [2.75, 3.05) is 0 Å². The van der Waals surface area contributed by atoms with Gasteiger partial charge in [-0.25, -0.2) is 9.07 Å². The van der Waals surface area contributed by atoms with Crippen molar-refractivity contribution in [3.05, 3.63) is 41.6 Å². The van der Waals surface area contributed by atoms with Gasteiger partial charge in [-0.3, -0.25) is 9.78 Å². The van der Waals surface area contributed by atoms with Crippen LogP contribution in [0.2, 0.25) is 0 Å². The summed E-state index contributed by atoms with van der Waals surface area (Å²) in [5.41, 5.74) is 0.727. The minimum atomic E-state index is -0.457. The summed E-state index contributed by atoms with van der Waals surface area (Å²) in [6.45, 7) is 1.51. The van der Waals surface area contributed by atoms with Gasteiger partial charge >= 0.3 is 0 Å². The van der Waals surface area contributed by atoms with Crippen LogP contribution in [0.15, 0.2) is 24.5 Å². The Labute approximate surface area is 96.5 Å². The lowest BCUT2D eigenvalue weighted by atomic mass is 10.3. The normalized spacial score (nSPS) is 10.5. The molecule has 0 fully saturated rings. The summed E-state index contributed by atoms with van der Waals surface area (Å²) >= 11 is 0. The highest BCUT2D eigenvalue weighted by molar-refractivity contribution is 5.92. The molecular weight excluding hydrogens is 225 g/mol. The SMILES string of the molecule is CC(=O)c1cc(O)n(Cc2cncc(F)c2)n1. The number of pyridine rings is 1. The molecule has 2 aromatic rings. The second kappa shape index (κ2) is 4.32. The Bertz CT molecular complexity index is 566. The first-order valence-corrected chi connectivity index (χ1v) is 4.93. The van der Waals surface area contributed by atoms with E-state index in [-0.39, 0.29) is 23.9 Å². The molecule has 88 valence electrons. The smallest absolute Gasteiger partial charge is 0.210 e. The Kier molecular flexibility index (Phi) is 2.86. The first-order valence-electron chi connectivity index (χ1n) is 4.93. The number of hydrogen-bond donors (Lipinski definition) is 1. The first kappa shape index (κ1) is 11.3. The molecule has 0 aromatic carbocycles. The Morgan fingerprint density at radius 1 is 1.47 bits per heavy atom. The zero-order valence-corrected chi connectivity index (χ0v) is 9.09. The van der Waals surface area contributed by atoms with Crippen LogP contribution in [0.4, 0.5) is 4.39 Å². The molecule has 0 atom stereocenters. The predicted molar refractivity (Wildman–Crippen MR) is 57.2 cm³/mol. The number of halogens is 1. The number of Topliss-reactive ketones (excluding diaryl/α,β-unsaturated/α-hetero) is 1. The highest BCUT2D eigenvalue weighted by Crippen LogP contribution is 2.14. The number of ketones is 1. The van der Waals surface area contributed by atoms with Gasteiger partial charge in [-0.2, -0.15) is 5.10 Å². The van der Waals surface area contributed by atoms with Crippen LogP contribution in [0.3, 0.4) is 0 Å². The highest BCUT2D eigenvalue weighted by Gasteiger charge is 2.10. The van der Waals surface area contributed by atoms with Crippen molar-refractivity contribution < 1.29 is 14.3 Å². The third kappa shape index (κ3) is 2.47. The van der Waals surface area contributed by atoms with Gasteiger partial charge in [0.05, 0.1) is 12.7 Å². The zero-order chi connectivity index (χ0) is 12.4. The molecular formula is C11H10FN3O2. The summed E-state index contributed by atoms with van der Waals surface area (Å²) in [6.07, 6.45) is 2.56. The van der Waals surface area contributed by atoms with E-state index >= 15 is 0 Å². The number of rotatable bonds is 3. The summed E-state index contributed by atoms with van der Waals surface area (Å²) in [5.74, 6) is -0.836. The van der Waals surface area contributed by atoms with Crippen molar-refractivity contribution in [3.63, 3.8) is 0 Å². The van der Waals surface area contributed by atoms with Gasteiger partial charge < -0.3 is 5.11 Å². The van der Waals surface area contributed by atoms with Crippen LogP contribution in [0, 0.1) is 5.82 Å². The third-order valence-electron chi connectivity index (χ3n) is 2.21. The van der Waals surface area contributed by atoms with Crippen LogP contribution in [0.25, 0.3) is 0 Å². The first-order chi connectivity index (χ1) is 8.06. The fourth-order valence-electron chi connectivity index (χ4n) is 1.41. The molecule has 0 bridgehead atoms. The maximum atomic E-state index is 12.9. The van der Waals surface area contributed by atoms with Crippen molar-refractivity contribution >= 4 is 5.78 Å². The van der Waals surface area contributed by atoms with Crippen molar-refractivity contribution in [2.24, 2.45) is 0 Å². The number of aromatic nitrogens is 3. The standard InChI is InChI=1S/C11H10FN3O2/c1-7(16)10-3-11(17)15(14-10)6-8-2-9(12)5-13-4-8/h2-5,17H,6H2,1H3. The molecule has 5 nitrogen and oxygen atoms in total. The second-order valence-corrected chi connectivity index (χ2v) is 3.61. The van der Waals surface area contributed by atoms with E-state index in [1.165, 1.54) is 29.9 Å². The Hall–Kier alpha value is -2.24. The van der Waals surface area contributed by atoms with Gasteiger partial charge in [0.25, 0.3) is 0 Å². The number of aromatic hydroxyl groups is 1. The van der Waals surface area contributed by atoms with E-state index in [0.717, 1.165) is 6.20 Å². The lowest BCUT2D eigenvalue weighted by Gasteiger charge is -2.02. The number of hydrogen-bond acceptors (Lipinski definition) is 4. The zero-order valence-electron chi connectivity index (χ0n) is 9.09. The fourth-order valence-corrected chi connectivity index (χ4v) is 1.41. The molecule has 2 aromatic heterocycles. The third-order valence-corrected chi connectivity index (χ3v) is 2.21. The van der Waals surface area contributed by atoms with Crippen LogP contribution in [0.1, 0.15) is 23.0 Å².